The quantitative estimate of drug-likeness (QED) is 0.884. The van der Waals surface area contributed by atoms with Crippen LogP contribution in [-0.4, -0.2) is 33.0 Å². The fourth-order valence-corrected chi connectivity index (χ4v) is 1.76. The summed E-state index contributed by atoms with van der Waals surface area (Å²) in [6.07, 6.45) is 0.356. The van der Waals surface area contributed by atoms with Crippen molar-refractivity contribution in [3.05, 3.63) is 35.9 Å². The molecule has 0 fully saturated rings. The number of nitrogens with zero attached hydrogens (tertiary/aromatic N) is 3. The average Bonchev–Trinajstić information content (AvgIpc) is 2.78. The van der Waals surface area contributed by atoms with E-state index in [0.717, 1.165) is 11.4 Å². The number of aryl methyl sites for hydroxylation is 2. The van der Waals surface area contributed by atoms with Crippen molar-refractivity contribution in [2.24, 2.45) is 0 Å². The number of ether oxygens (including phenoxy) is 1. The third-order valence-electron chi connectivity index (χ3n) is 2.67. The van der Waals surface area contributed by atoms with E-state index in [4.69, 9.17) is 9.84 Å². The molecule has 0 atom stereocenters. The Hall–Kier alpha value is -2.37. The van der Waals surface area contributed by atoms with Gasteiger partial charge >= 0.3 is 5.97 Å². The zero-order valence-corrected chi connectivity index (χ0v) is 10.8. The van der Waals surface area contributed by atoms with Crippen molar-refractivity contribution >= 4 is 5.97 Å². The summed E-state index contributed by atoms with van der Waals surface area (Å²) in [7, 11) is 1.60. The third-order valence-corrected chi connectivity index (χ3v) is 2.67. The number of methoxy groups -OCH3 is 1. The van der Waals surface area contributed by atoms with Crippen LogP contribution in [0.5, 0.6) is 5.75 Å². The van der Waals surface area contributed by atoms with Crippen molar-refractivity contribution in [1.29, 1.82) is 0 Å². The molecule has 1 aromatic carbocycles. The van der Waals surface area contributed by atoms with E-state index in [1.807, 2.05) is 31.2 Å². The SMILES string of the molecule is COc1cccc(-n2nc(CCC(=O)O)nc2C)c1. The number of aliphatic carboxylic acids is 1. The van der Waals surface area contributed by atoms with Gasteiger partial charge in [0.1, 0.15) is 11.6 Å². The van der Waals surface area contributed by atoms with Crippen LogP contribution in [0.25, 0.3) is 5.69 Å². The number of hydrogen-bond donors (Lipinski definition) is 1. The molecule has 19 heavy (non-hydrogen) atoms. The smallest absolute Gasteiger partial charge is 0.303 e. The van der Waals surface area contributed by atoms with Crippen molar-refractivity contribution < 1.29 is 14.6 Å². The van der Waals surface area contributed by atoms with Crippen LogP contribution in [0.4, 0.5) is 0 Å². The second-order valence-electron chi connectivity index (χ2n) is 4.08. The standard InChI is InChI=1S/C13H15N3O3/c1-9-14-12(6-7-13(17)18)15-16(9)10-4-3-5-11(8-10)19-2/h3-5,8H,6-7H2,1-2H3,(H,17,18). The molecule has 0 aliphatic rings. The Bertz CT molecular complexity index is 593. The van der Waals surface area contributed by atoms with Gasteiger partial charge in [-0.2, -0.15) is 5.10 Å². The average molecular weight is 261 g/mol. The van der Waals surface area contributed by atoms with Crippen LogP contribution in [0, 0.1) is 6.92 Å². The van der Waals surface area contributed by atoms with E-state index < -0.39 is 5.97 Å². The van der Waals surface area contributed by atoms with Gasteiger partial charge in [0.15, 0.2) is 5.82 Å². The number of carboxylic acid groups (broad SMARTS) is 1. The van der Waals surface area contributed by atoms with Crippen LogP contribution < -0.4 is 4.74 Å². The minimum atomic E-state index is -0.851. The molecule has 6 heteroatoms. The Balaban J connectivity index is 2.26. The van der Waals surface area contributed by atoms with E-state index >= 15 is 0 Å². The lowest BCUT2D eigenvalue weighted by Gasteiger charge is -2.05. The number of benzene rings is 1. The monoisotopic (exact) mass is 261 g/mol. The molecule has 2 rings (SSSR count). The normalized spacial score (nSPS) is 10.4. The number of carboxylic acids is 1. The molecule has 6 nitrogen and oxygen atoms in total. The van der Waals surface area contributed by atoms with Crippen LogP contribution in [0.3, 0.4) is 0 Å². The lowest BCUT2D eigenvalue weighted by Crippen LogP contribution is -2.01. The molecule has 0 amide bonds. The minimum absolute atomic E-state index is 0.0293. The summed E-state index contributed by atoms with van der Waals surface area (Å²) >= 11 is 0. The second kappa shape index (κ2) is 5.51. The van der Waals surface area contributed by atoms with Crippen molar-refractivity contribution in [3.8, 4) is 11.4 Å². The van der Waals surface area contributed by atoms with Crippen LogP contribution >= 0.6 is 0 Å². The predicted molar refractivity (Wildman–Crippen MR) is 68.6 cm³/mol. The summed E-state index contributed by atoms with van der Waals surface area (Å²) in [6, 6.07) is 7.46. The number of carbonyl (C=O) groups is 1. The Labute approximate surface area is 110 Å². The highest BCUT2D eigenvalue weighted by molar-refractivity contribution is 5.66. The Kier molecular flexibility index (Phi) is 3.79. The number of rotatable bonds is 5. The zero-order valence-electron chi connectivity index (χ0n) is 10.8. The van der Waals surface area contributed by atoms with Crippen LogP contribution in [0.15, 0.2) is 24.3 Å². The highest BCUT2D eigenvalue weighted by Gasteiger charge is 2.10. The van der Waals surface area contributed by atoms with Gasteiger partial charge in [-0.1, -0.05) is 6.07 Å². The van der Waals surface area contributed by atoms with Crippen LogP contribution in [-0.2, 0) is 11.2 Å². The number of aromatic nitrogens is 3. The van der Waals surface area contributed by atoms with Gasteiger partial charge in [0.05, 0.1) is 19.2 Å². The molecule has 0 radical (unpaired) electrons. The van der Waals surface area contributed by atoms with Crippen molar-refractivity contribution in [1.82, 2.24) is 14.8 Å². The molecular formula is C13H15N3O3. The highest BCUT2D eigenvalue weighted by Crippen LogP contribution is 2.17. The second-order valence-corrected chi connectivity index (χ2v) is 4.08. The lowest BCUT2D eigenvalue weighted by molar-refractivity contribution is -0.137. The van der Waals surface area contributed by atoms with Gasteiger partial charge in [-0.15, -0.1) is 0 Å². The summed E-state index contributed by atoms with van der Waals surface area (Å²) in [6.45, 7) is 1.83. The van der Waals surface area contributed by atoms with Crippen molar-refractivity contribution in [3.63, 3.8) is 0 Å². The van der Waals surface area contributed by atoms with E-state index in [1.165, 1.54) is 0 Å². The van der Waals surface area contributed by atoms with E-state index in [1.54, 1.807) is 11.8 Å². The lowest BCUT2D eigenvalue weighted by atomic mass is 10.3. The first-order valence-electron chi connectivity index (χ1n) is 5.89. The van der Waals surface area contributed by atoms with Crippen molar-refractivity contribution in [2.75, 3.05) is 7.11 Å². The molecule has 0 aliphatic heterocycles. The maximum Gasteiger partial charge on any atom is 0.303 e. The Morgan fingerprint density at radius 1 is 1.47 bits per heavy atom. The largest absolute Gasteiger partial charge is 0.497 e. The van der Waals surface area contributed by atoms with Gasteiger partial charge in [-0.3, -0.25) is 4.79 Å². The molecule has 100 valence electrons. The minimum Gasteiger partial charge on any atom is -0.497 e. The fraction of sp³-hybridized carbons (Fsp3) is 0.308. The Morgan fingerprint density at radius 3 is 2.95 bits per heavy atom. The summed E-state index contributed by atoms with van der Waals surface area (Å²) < 4.78 is 6.84. The first-order chi connectivity index (χ1) is 9.10. The molecule has 0 aliphatic carbocycles. The molecule has 0 saturated heterocycles. The molecule has 0 saturated carbocycles. The fourth-order valence-electron chi connectivity index (χ4n) is 1.76. The predicted octanol–water partition coefficient (Wildman–Crippen LogP) is 1.60. The topological polar surface area (TPSA) is 77.2 Å². The molecule has 1 aromatic heterocycles. The molecule has 0 bridgehead atoms. The van der Waals surface area contributed by atoms with E-state index in [2.05, 4.69) is 10.1 Å². The van der Waals surface area contributed by atoms with Gasteiger partial charge in [-0.05, 0) is 19.1 Å². The first-order valence-corrected chi connectivity index (χ1v) is 5.89. The van der Waals surface area contributed by atoms with Crippen LogP contribution in [0.1, 0.15) is 18.1 Å². The van der Waals surface area contributed by atoms with Gasteiger partial charge < -0.3 is 9.84 Å². The van der Waals surface area contributed by atoms with Gasteiger partial charge in [0.2, 0.25) is 0 Å². The summed E-state index contributed by atoms with van der Waals surface area (Å²) in [5, 5.41) is 13.0. The summed E-state index contributed by atoms with van der Waals surface area (Å²) in [5.41, 5.74) is 0.839. The maximum atomic E-state index is 10.5. The molecule has 0 spiro atoms. The molecule has 1 N–H and O–H groups in total. The van der Waals surface area contributed by atoms with Gasteiger partial charge in [0.25, 0.3) is 0 Å². The zero-order chi connectivity index (χ0) is 13.8. The van der Waals surface area contributed by atoms with E-state index in [9.17, 15) is 4.79 Å². The van der Waals surface area contributed by atoms with Gasteiger partial charge in [0, 0.05) is 12.5 Å². The molecule has 1 heterocycles. The molecule has 2 aromatic rings. The van der Waals surface area contributed by atoms with Gasteiger partial charge in [-0.25, -0.2) is 9.67 Å². The van der Waals surface area contributed by atoms with Crippen molar-refractivity contribution in [2.45, 2.75) is 19.8 Å². The van der Waals surface area contributed by atoms with Crippen LogP contribution in [0.2, 0.25) is 0 Å². The maximum absolute atomic E-state index is 10.5. The Morgan fingerprint density at radius 2 is 2.26 bits per heavy atom. The van der Waals surface area contributed by atoms with E-state index in [-0.39, 0.29) is 6.42 Å². The first kappa shape index (κ1) is 13.1. The molecular weight excluding hydrogens is 246 g/mol. The third kappa shape index (κ3) is 3.09. The highest BCUT2D eigenvalue weighted by atomic mass is 16.5. The summed E-state index contributed by atoms with van der Waals surface area (Å²) in [4.78, 5) is 14.8. The van der Waals surface area contributed by atoms with E-state index in [0.29, 0.717) is 18.1 Å². The molecule has 0 unspecified atom stereocenters. The summed E-state index contributed by atoms with van der Waals surface area (Å²) in [5.74, 6) is 1.13. The number of hydrogen-bond acceptors (Lipinski definition) is 4.